The average Bonchev–Trinajstić information content (AvgIpc) is 3.00. The van der Waals surface area contributed by atoms with E-state index < -0.39 is 0 Å². The highest BCUT2D eigenvalue weighted by Gasteiger charge is 2.08. The number of anilines is 1. The molecule has 0 saturated carbocycles. The number of rotatable bonds is 5. The van der Waals surface area contributed by atoms with Gasteiger partial charge in [-0.1, -0.05) is 36.4 Å². The lowest BCUT2D eigenvalue weighted by atomic mass is 10.1. The largest absolute Gasteiger partial charge is 0.456 e. The van der Waals surface area contributed by atoms with Gasteiger partial charge in [0.25, 0.3) is 0 Å². The van der Waals surface area contributed by atoms with E-state index in [4.69, 9.17) is 4.42 Å². The van der Waals surface area contributed by atoms with Crippen molar-refractivity contribution < 1.29 is 9.21 Å². The Labute approximate surface area is 150 Å². The van der Waals surface area contributed by atoms with Crippen LogP contribution in [0.2, 0.25) is 0 Å². The highest BCUT2D eigenvalue weighted by Crippen LogP contribution is 2.30. The number of furan rings is 1. The highest BCUT2D eigenvalue weighted by atomic mass is 32.2. The minimum Gasteiger partial charge on any atom is -0.456 e. The lowest BCUT2D eigenvalue weighted by molar-refractivity contribution is -0.115. The Morgan fingerprint density at radius 2 is 1.64 bits per heavy atom. The van der Waals surface area contributed by atoms with Crippen molar-refractivity contribution in [2.45, 2.75) is 11.3 Å². The smallest absolute Gasteiger partial charge is 0.225 e. The van der Waals surface area contributed by atoms with Crippen molar-refractivity contribution in [1.29, 1.82) is 0 Å². The van der Waals surface area contributed by atoms with Gasteiger partial charge in [-0.15, -0.1) is 11.8 Å². The van der Waals surface area contributed by atoms with E-state index in [0.29, 0.717) is 6.42 Å². The predicted molar refractivity (Wildman–Crippen MR) is 104 cm³/mol. The molecule has 0 bridgehead atoms. The van der Waals surface area contributed by atoms with Gasteiger partial charge < -0.3 is 9.73 Å². The number of thioether (sulfide) groups is 1. The topological polar surface area (TPSA) is 42.2 Å². The third-order valence-electron chi connectivity index (χ3n) is 4.00. The van der Waals surface area contributed by atoms with Gasteiger partial charge in [0.05, 0.1) is 0 Å². The van der Waals surface area contributed by atoms with Gasteiger partial charge in [-0.2, -0.15) is 0 Å². The molecule has 124 valence electrons. The maximum absolute atomic E-state index is 12.2. The maximum atomic E-state index is 12.2. The molecule has 1 amide bonds. The van der Waals surface area contributed by atoms with Crippen LogP contribution in [0, 0.1) is 0 Å². The summed E-state index contributed by atoms with van der Waals surface area (Å²) in [5.74, 6) is 0.766. The Balaban J connectivity index is 1.41. The molecule has 1 aromatic heterocycles. The van der Waals surface area contributed by atoms with Gasteiger partial charge in [0.1, 0.15) is 11.2 Å². The molecule has 1 heterocycles. The Morgan fingerprint density at radius 3 is 2.52 bits per heavy atom. The molecular weight excluding hydrogens is 330 g/mol. The number of amides is 1. The van der Waals surface area contributed by atoms with Gasteiger partial charge in [-0.05, 0) is 30.3 Å². The molecule has 0 spiro atoms. The number of carbonyl (C=O) groups excluding carboxylic acids is 1. The van der Waals surface area contributed by atoms with E-state index in [-0.39, 0.29) is 5.91 Å². The van der Waals surface area contributed by atoms with E-state index in [0.717, 1.165) is 33.4 Å². The Kier molecular flexibility index (Phi) is 4.44. The van der Waals surface area contributed by atoms with Crippen LogP contribution in [0.3, 0.4) is 0 Å². The number of nitrogens with one attached hydrogen (secondary N) is 1. The fourth-order valence-corrected chi connectivity index (χ4v) is 3.68. The van der Waals surface area contributed by atoms with Crippen molar-refractivity contribution >= 4 is 45.3 Å². The van der Waals surface area contributed by atoms with Crippen LogP contribution < -0.4 is 5.32 Å². The fraction of sp³-hybridized carbons (Fsp3) is 0.0952. The molecule has 1 N–H and O–H groups in total. The quantitative estimate of drug-likeness (QED) is 0.470. The zero-order valence-electron chi connectivity index (χ0n) is 13.6. The van der Waals surface area contributed by atoms with E-state index in [1.807, 2.05) is 60.7 Å². The van der Waals surface area contributed by atoms with Crippen LogP contribution in [0.5, 0.6) is 0 Å². The molecule has 4 rings (SSSR count). The summed E-state index contributed by atoms with van der Waals surface area (Å²) in [5, 5.41) is 5.11. The molecule has 0 aliphatic heterocycles. The summed E-state index contributed by atoms with van der Waals surface area (Å²) in [7, 11) is 0. The van der Waals surface area contributed by atoms with E-state index in [2.05, 4.69) is 17.4 Å². The molecule has 0 atom stereocenters. The van der Waals surface area contributed by atoms with Gasteiger partial charge in [-0.3, -0.25) is 4.79 Å². The Morgan fingerprint density at radius 1 is 0.880 bits per heavy atom. The second-order valence-electron chi connectivity index (χ2n) is 5.77. The molecular formula is C21H17NO2S. The number of benzene rings is 3. The number of hydrogen-bond acceptors (Lipinski definition) is 3. The average molecular weight is 347 g/mol. The van der Waals surface area contributed by atoms with E-state index in [9.17, 15) is 4.79 Å². The summed E-state index contributed by atoms with van der Waals surface area (Å²) in [4.78, 5) is 13.3. The molecule has 0 radical (unpaired) electrons. The lowest BCUT2D eigenvalue weighted by Crippen LogP contribution is -2.11. The predicted octanol–water partition coefficient (Wildman–Crippen LogP) is 5.71. The van der Waals surface area contributed by atoms with Crippen LogP contribution >= 0.6 is 11.8 Å². The van der Waals surface area contributed by atoms with Crippen LogP contribution in [-0.4, -0.2) is 11.7 Å². The van der Waals surface area contributed by atoms with E-state index in [1.165, 1.54) is 4.90 Å². The normalized spacial score (nSPS) is 11.0. The van der Waals surface area contributed by atoms with Crippen molar-refractivity contribution in [3.05, 3.63) is 72.8 Å². The van der Waals surface area contributed by atoms with Crippen molar-refractivity contribution in [2.75, 3.05) is 11.1 Å². The zero-order chi connectivity index (χ0) is 17.1. The van der Waals surface area contributed by atoms with Crippen molar-refractivity contribution in [1.82, 2.24) is 0 Å². The molecule has 0 aliphatic carbocycles. The highest BCUT2D eigenvalue weighted by molar-refractivity contribution is 7.99. The number of hydrogen-bond donors (Lipinski definition) is 1. The van der Waals surface area contributed by atoms with Crippen LogP contribution in [0.4, 0.5) is 5.69 Å². The third-order valence-corrected chi connectivity index (χ3v) is 5.02. The van der Waals surface area contributed by atoms with Crippen molar-refractivity contribution in [2.24, 2.45) is 0 Å². The monoisotopic (exact) mass is 347 g/mol. The van der Waals surface area contributed by atoms with Gasteiger partial charge in [0.15, 0.2) is 0 Å². The molecule has 0 saturated heterocycles. The van der Waals surface area contributed by atoms with Crippen LogP contribution in [-0.2, 0) is 4.79 Å². The van der Waals surface area contributed by atoms with Crippen LogP contribution in [0.25, 0.3) is 21.9 Å². The minimum atomic E-state index is 0.0129. The molecule has 25 heavy (non-hydrogen) atoms. The Bertz CT molecular complexity index is 1020. The number of fused-ring (bicyclic) bond motifs is 3. The molecule has 4 aromatic rings. The van der Waals surface area contributed by atoms with Gasteiger partial charge >= 0.3 is 0 Å². The first-order valence-electron chi connectivity index (χ1n) is 8.18. The van der Waals surface area contributed by atoms with E-state index >= 15 is 0 Å². The summed E-state index contributed by atoms with van der Waals surface area (Å²) in [6.07, 6.45) is 0.470. The van der Waals surface area contributed by atoms with Crippen molar-refractivity contribution in [3.8, 4) is 0 Å². The Hall–Kier alpha value is -2.72. The first-order valence-corrected chi connectivity index (χ1v) is 9.17. The van der Waals surface area contributed by atoms with E-state index in [1.54, 1.807) is 11.8 Å². The van der Waals surface area contributed by atoms with Gasteiger partial charge in [0, 0.05) is 39.6 Å². The van der Waals surface area contributed by atoms with Crippen LogP contribution in [0.1, 0.15) is 6.42 Å². The second kappa shape index (κ2) is 7.03. The summed E-state index contributed by atoms with van der Waals surface area (Å²) in [6, 6.07) is 23.9. The standard InChI is InChI=1S/C21H17NO2S/c23-21(12-13-25-16-6-2-1-3-7-16)22-15-10-11-18-17-8-4-5-9-19(17)24-20(18)14-15/h1-11,14H,12-13H2,(H,22,23). The number of para-hydroxylation sites is 1. The first kappa shape index (κ1) is 15.8. The fourth-order valence-electron chi connectivity index (χ4n) is 2.81. The summed E-state index contributed by atoms with van der Waals surface area (Å²) >= 11 is 1.69. The summed E-state index contributed by atoms with van der Waals surface area (Å²) in [5.41, 5.74) is 2.42. The molecule has 3 nitrogen and oxygen atoms in total. The molecule has 0 fully saturated rings. The minimum absolute atomic E-state index is 0.0129. The lowest BCUT2D eigenvalue weighted by Gasteiger charge is -2.05. The number of carbonyl (C=O) groups is 1. The summed E-state index contributed by atoms with van der Waals surface area (Å²) < 4.78 is 5.86. The summed E-state index contributed by atoms with van der Waals surface area (Å²) in [6.45, 7) is 0. The second-order valence-corrected chi connectivity index (χ2v) is 6.94. The molecule has 0 unspecified atom stereocenters. The first-order chi connectivity index (χ1) is 12.3. The SMILES string of the molecule is O=C(CCSc1ccccc1)Nc1ccc2c(c1)oc1ccccc12. The molecule has 3 aromatic carbocycles. The zero-order valence-corrected chi connectivity index (χ0v) is 14.4. The van der Waals surface area contributed by atoms with Gasteiger partial charge in [0.2, 0.25) is 5.91 Å². The van der Waals surface area contributed by atoms with Gasteiger partial charge in [-0.25, -0.2) is 0 Å². The molecule has 4 heteroatoms. The third kappa shape index (κ3) is 3.54. The molecule has 0 aliphatic rings. The maximum Gasteiger partial charge on any atom is 0.225 e. The van der Waals surface area contributed by atoms with Crippen molar-refractivity contribution in [3.63, 3.8) is 0 Å². The van der Waals surface area contributed by atoms with Crippen LogP contribution in [0.15, 0.2) is 82.1 Å².